The third kappa shape index (κ3) is 4.65. The molecule has 0 spiro atoms. The minimum Gasteiger partial charge on any atom is -0.342 e. The summed E-state index contributed by atoms with van der Waals surface area (Å²) in [6, 6.07) is 12.2. The molecule has 0 saturated carbocycles. The van der Waals surface area contributed by atoms with Gasteiger partial charge < -0.3 is 10.3 Å². The molecule has 0 aliphatic heterocycles. The summed E-state index contributed by atoms with van der Waals surface area (Å²) in [7, 11) is -3.67. The van der Waals surface area contributed by atoms with Gasteiger partial charge in [-0.15, -0.1) is 0 Å². The summed E-state index contributed by atoms with van der Waals surface area (Å²) in [5, 5.41) is 3.02. The van der Waals surface area contributed by atoms with E-state index in [1.54, 1.807) is 32.9 Å². The summed E-state index contributed by atoms with van der Waals surface area (Å²) in [5.74, 6) is 0.414. The van der Waals surface area contributed by atoms with Gasteiger partial charge in [-0.1, -0.05) is 45.9 Å². The van der Waals surface area contributed by atoms with Crippen LogP contribution in [-0.4, -0.2) is 41.7 Å². The molecule has 8 heteroatoms. The molecule has 1 heterocycles. The van der Waals surface area contributed by atoms with Crippen LogP contribution in [0.15, 0.2) is 47.4 Å². The molecule has 1 atom stereocenters. The molecule has 0 fully saturated rings. The summed E-state index contributed by atoms with van der Waals surface area (Å²) < 4.78 is 27.4. The molecule has 1 aromatic heterocycles. The van der Waals surface area contributed by atoms with Crippen molar-refractivity contribution in [1.82, 2.24) is 19.6 Å². The maximum absolute atomic E-state index is 13.1. The molecule has 31 heavy (non-hydrogen) atoms. The third-order valence-corrected chi connectivity index (χ3v) is 7.62. The van der Waals surface area contributed by atoms with Crippen molar-refractivity contribution in [2.45, 2.75) is 45.6 Å². The molecule has 0 radical (unpaired) electrons. The van der Waals surface area contributed by atoms with E-state index >= 15 is 0 Å². The van der Waals surface area contributed by atoms with Gasteiger partial charge in [0.25, 0.3) is 5.91 Å². The van der Waals surface area contributed by atoms with E-state index in [4.69, 9.17) is 0 Å². The van der Waals surface area contributed by atoms with Gasteiger partial charge in [0.15, 0.2) is 0 Å². The van der Waals surface area contributed by atoms with Crippen molar-refractivity contribution in [3.8, 4) is 0 Å². The second-order valence-electron chi connectivity index (χ2n) is 7.90. The van der Waals surface area contributed by atoms with Crippen LogP contribution in [-0.2, 0) is 10.0 Å². The number of nitrogens with one attached hydrogen (secondary N) is 2. The van der Waals surface area contributed by atoms with Crippen molar-refractivity contribution in [3.63, 3.8) is 0 Å². The Balaban J connectivity index is 1.93. The standard InChI is InChI=1S/C23H30N4O3S/c1-6-27(7-2)31(29,30)20-14-17(13-12-16(20)5)23(28)26-21(15(3)4)22-24-18-10-8-9-11-19(18)25-22/h8-15,21H,6-7H2,1-5H3,(H,24,25)(H,26,28). The zero-order valence-electron chi connectivity index (χ0n) is 18.6. The lowest BCUT2D eigenvalue weighted by Gasteiger charge is -2.22. The first-order chi connectivity index (χ1) is 14.7. The van der Waals surface area contributed by atoms with Gasteiger partial charge in [0.05, 0.1) is 22.0 Å². The van der Waals surface area contributed by atoms with E-state index in [0.29, 0.717) is 30.0 Å². The van der Waals surface area contributed by atoms with Gasteiger partial charge in [0.2, 0.25) is 10.0 Å². The number of amides is 1. The Bertz CT molecular complexity index is 1150. The van der Waals surface area contributed by atoms with Crippen LogP contribution in [0.4, 0.5) is 0 Å². The number of hydrogen-bond donors (Lipinski definition) is 2. The summed E-state index contributed by atoms with van der Waals surface area (Å²) in [5.41, 5.74) is 2.65. The number of hydrogen-bond acceptors (Lipinski definition) is 4. The summed E-state index contributed by atoms with van der Waals surface area (Å²) in [4.78, 5) is 21.2. The number of aromatic amines is 1. The maximum Gasteiger partial charge on any atom is 0.251 e. The van der Waals surface area contributed by atoms with Crippen molar-refractivity contribution < 1.29 is 13.2 Å². The predicted octanol–water partition coefficient (Wildman–Crippen LogP) is 4.03. The number of aryl methyl sites for hydroxylation is 1. The lowest BCUT2D eigenvalue weighted by molar-refractivity contribution is 0.0923. The fourth-order valence-electron chi connectivity index (χ4n) is 3.62. The molecule has 1 unspecified atom stereocenters. The Kier molecular flexibility index (Phi) is 6.81. The number of imidazole rings is 1. The maximum atomic E-state index is 13.1. The Morgan fingerprint density at radius 1 is 1.13 bits per heavy atom. The van der Waals surface area contributed by atoms with Gasteiger partial charge in [0, 0.05) is 18.7 Å². The predicted molar refractivity (Wildman–Crippen MR) is 122 cm³/mol. The molecular formula is C23H30N4O3S. The number of para-hydroxylation sites is 2. The number of H-pyrrole nitrogens is 1. The van der Waals surface area contributed by atoms with Crippen LogP contribution >= 0.6 is 0 Å². The minimum atomic E-state index is -3.67. The largest absolute Gasteiger partial charge is 0.342 e. The topological polar surface area (TPSA) is 95.2 Å². The second-order valence-corrected chi connectivity index (χ2v) is 9.81. The fraction of sp³-hybridized carbons (Fsp3) is 0.391. The quantitative estimate of drug-likeness (QED) is 0.551. The van der Waals surface area contributed by atoms with Crippen molar-refractivity contribution in [2.24, 2.45) is 5.92 Å². The molecule has 3 aromatic rings. The number of sulfonamides is 1. The highest BCUT2D eigenvalue weighted by molar-refractivity contribution is 7.89. The first-order valence-corrected chi connectivity index (χ1v) is 12.0. The van der Waals surface area contributed by atoms with Crippen molar-refractivity contribution in [3.05, 3.63) is 59.4 Å². The van der Waals surface area contributed by atoms with Crippen LogP contribution in [0.1, 0.15) is 55.5 Å². The van der Waals surface area contributed by atoms with Crippen LogP contribution in [0.3, 0.4) is 0 Å². The van der Waals surface area contributed by atoms with Crippen LogP contribution in [0.2, 0.25) is 0 Å². The normalized spacial score (nSPS) is 13.1. The third-order valence-electron chi connectivity index (χ3n) is 5.43. The van der Waals surface area contributed by atoms with E-state index in [-0.39, 0.29) is 22.8 Å². The molecule has 166 valence electrons. The number of nitrogens with zero attached hydrogens (tertiary/aromatic N) is 2. The fourth-order valence-corrected chi connectivity index (χ4v) is 5.33. The zero-order valence-corrected chi connectivity index (χ0v) is 19.5. The lowest BCUT2D eigenvalue weighted by Crippen LogP contribution is -2.33. The van der Waals surface area contributed by atoms with E-state index in [1.165, 1.54) is 10.4 Å². The van der Waals surface area contributed by atoms with E-state index in [2.05, 4.69) is 15.3 Å². The van der Waals surface area contributed by atoms with Gasteiger partial charge in [-0.05, 0) is 42.7 Å². The molecule has 0 aliphatic rings. The van der Waals surface area contributed by atoms with E-state index < -0.39 is 10.0 Å². The number of fused-ring (bicyclic) bond motifs is 1. The average molecular weight is 443 g/mol. The highest BCUT2D eigenvalue weighted by atomic mass is 32.2. The SMILES string of the molecule is CCN(CC)S(=O)(=O)c1cc(C(=O)NC(c2nc3ccccc3[nH]2)C(C)C)ccc1C. The Labute approximate surface area is 183 Å². The van der Waals surface area contributed by atoms with Crippen molar-refractivity contribution >= 4 is 27.0 Å². The highest BCUT2D eigenvalue weighted by Gasteiger charge is 2.26. The van der Waals surface area contributed by atoms with Crippen molar-refractivity contribution in [1.29, 1.82) is 0 Å². The highest BCUT2D eigenvalue weighted by Crippen LogP contribution is 2.25. The molecule has 2 N–H and O–H groups in total. The van der Waals surface area contributed by atoms with Gasteiger partial charge in [-0.2, -0.15) is 4.31 Å². The number of benzene rings is 2. The van der Waals surface area contributed by atoms with Gasteiger partial charge >= 0.3 is 0 Å². The summed E-state index contributed by atoms with van der Waals surface area (Å²) in [6.07, 6.45) is 0. The smallest absolute Gasteiger partial charge is 0.251 e. The molecule has 0 bridgehead atoms. The summed E-state index contributed by atoms with van der Waals surface area (Å²) in [6.45, 7) is 10.1. The summed E-state index contributed by atoms with van der Waals surface area (Å²) >= 11 is 0. The van der Waals surface area contributed by atoms with Crippen LogP contribution < -0.4 is 5.32 Å². The van der Waals surface area contributed by atoms with Crippen molar-refractivity contribution in [2.75, 3.05) is 13.1 Å². The molecule has 1 amide bonds. The lowest BCUT2D eigenvalue weighted by atomic mass is 10.0. The number of carbonyl (C=O) groups excluding carboxylic acids is 1. The Morgan fingerprint density at radius 3 is 2.42 bits per heavy atom. The Hall–Kier alpha value is -2.71. The van der Waals surface area contributed by atoms with Crippen LogP contribution in [0, 0.1) is 12.8 Å². The van der Waals surface area contributed by atoms with Crippen LogP contribution in [0.25, 0.3) is 11.0 Å². The van der Waals surface area contributed by atoms with Gasteiger partial charge in [-0.25, -0.2) is 13.4 Å². The van der Waals surface area contributed by atoms with E-state index in [1.807, 2.05) is 38.1 Å². The second kappa shape index (κ2) is 9.20. The number of aromatic nitrogens is 2. The monoisotopic (exact) mass is 442 g/mol. The van der Waals surface area contributed by atoms with Crippen LogP contribution in [0.5, 0.6) is 0 Å². The molecule has 2 aromatic carbocycles. The van der Waals surface area contributed by atoms with Gasteiger partial charge in [0.1, 0.15) is 5.82 Å². The number of rotatable bonds is 8. The molecule has 3 rings (SSSR count). The van der Waals surface area contributed by atoms with E-state index in [9.17, 15) is 13.2 Å². The molecule has 7 nitrogen and oxygen atoms in total. The number of carbonyl (C=O) groups is 1. The first-order valence-electron chi connectivity index (χ1n) is 10.5. The first kappa shape index (κ1) is 23.0. The van der Waals surface area contributed by atoms with E-state index in [0.717, 1.165) is 11.0 Å². The molecular weight excluding hydrogens is 412 g/mol. The zero-order chi connectivity index (χ0) is 22.8. The minimum absolute atomic E-state index is 0.0776. The van der Waals surface area contributed by atoms with Gasteiger partial charge in [-0.3, -0.25) is 4.79 Å². The Morgan fingerprint density at radius 2 is 1.81 bits per heavy atom. The molecule has 0 saturated heterocycles. The molecule has 0 aliphatic carbocycles. The average Bonchev–Trinajstić information content (AvgIpc) is 3.16.